The van der Waals surface area contributed by atoms with E-state index >= 15 is 0 Å². The molecule has 1 aromatic heterocycles. The Morgan fingerprint density at radius 1 is 1.05 bits per heavy atom. The summed E-state index contributed by atoms with van der Waals surface area (Å²) in [6, 6.07) is 0. The summed E-state index contributed by atoms with van der Waals surface area (Å²) in [5, 5.41) is 13.3. The molecule has 0 aliphatic heterocycles. The van der Waals surface area contributed by atoms with Crippen molar-refractivity contribution in [3.05, 3.63) is 3.95 Å². The number of aromatic nitrogens is 2. The minimum atomic E-state index is -0.117. The summed E-state index contributed by atoms with van der Waals surface area (Å²) in [6.07, 6.45) is 13.7. The molecule has 0 fully saturated rings. The van der Waals surface area contributed by atoms with Gasteiger partial charge in [0.05, 0.1) is 0 Å². The number of unbranched alkanes of at least 4 members (excludes halogenated alkanes) is 9. The summed E-state index contributed by atoms with van der Waals surface area (Å²) in [7, 11) is 0. The molecule has 1 heterocycles. The predicted octanol–water partition coefficient (Wildman–Crippen LogP) is 5.64. The van der Waals surface area contributed by atoms with Crippen molar-refractivity contribution >= 4 is 35.3 Å². The van der Waals surface area contributed by atoms with E-state index in [1.165, 1.54) is 80.2 Å². The van der Waals surface area contributed by atoms with Crippen LogP contribution in [0.4, 0.5) is 0 Å². The third-order valence-corrected chi connectivity index (χ3v) is 5.97. The molecule has 122 valence electrons. The van der Waals surface area contributed by atoms with Crippen molar-refractivity contribution in [1.82, 2.24) is 9.78 Å². The number of rotatable bonds is 13. The highest BCUT2D eigenvalue weighted by molar-refractivity contribution is 8.01. The molecule has 0 aliphatic rings. The van der Waals surface area contributed by atoms with Crippen LogP contribution in [-0.4, -0.2) is 20.6 Å². The van der Waals surface area contributed by atoms with Gasteiger partial charge in [0.2, 0.25) is 0 Å². The van der Waals surface area contributed by atoms with Crippen LogP contribution in [0, 0.1) is 3.95 Å². The van der Waals surface area contributed by atoms with Gasteiger partial charge in [0, 0.05) is 5.75 Å². The average molecular weight is 349 g/mol. The first-order valence-corrected chi connectivity index (χ1v) is 10.3. The van der Waals surface area contributed by atoms with Crippen LogP contribution in [0.25, 0.3) is 0 Å². The van der Waals surface area contributed by atoms with E-state index in [-0.39, 0.29) is 6.73 Å². The molecule has 0 atom stereocenters. The second-order valence-corrected chi connectivity index (χ2v) is 8.27. The van der Waals surface area contributed by atoms with Gasteiger partial charge in [0.1, 0.15) is 6.73 Å². The molecule has 1 rings (SSSR count). The van der Waals surface area contributed by atoms with E-state index in [0.717, 1.165) is 10.1 Å². The van der Waals surface area contributed by atoms with E-state index in [2.05, 4.69) is 12.0 Å². The molecule has 0 amide bonds. The molecule has 1 aromatic rings. The highest BCUT2D eigenvalue weighted by Crippen LogP contribution is 2.23. The lowest BCUT2D eigenvalue weighted by Crippen LogP contribution is -1.98. The zero-order valence-electron chi connectivity index (χ0n) is 13.1. The summed E-state index contributed by atoms with van der Waals surface area (Å²) >= 11 is 8.35. The van der Waals surface area contributed by atoms with E-state index in [4.69, 9.17) is 17.3 Å². The van der Waals surface area contributed by atoms with Gasteiger partial charge in [-0.3, -0.25) is 0 Å². The van der Waals surface area contributed by atoms with Gasteiger partial charge in [-0.25, -0.2) is 4.68 Å². The van der Waals surface area contributed by atoms with Gasteiger partial charge in [-0.2, -0.15) is 5.10 Å². The smallest absolute Gasteiger partial charge is 0.182 e. The lowest BCUT2D eigenvalue weighted by Gasteiger charge is -2.01. The van der Waals surface area contributed by atoms with Gasteiger partial charge in [-0.05, 0) is 18.6 Å². The molecule has 21 heavy (non-hydrogen) atoms. The maximum absolute atomic E-state index is 9.02. The number of aliphatic hydroxyl groups is 1. The van der Waals surface area contributed by atoms with E-state index < -0.39 is 0 Å². The van der Waals surface area contributed by atoms with Gasteiger partial charge < -0.3 is 5.11 Å². The monoisotopic (exact) mass is 348 g/mol. The summed E-state index contributed by atoms with van der Waals surface area (Å²) < 4.78 is 3.11. The number of hydrogen-bond donors (Lipinski definition) is 1. The van der Waals surface area contributed by atoms with Crippen molar-refractivity contribution < 1.29 is 5.11 Å². The SMILES string of the molecule is CCCCCCCCCCCCSc1nn(CO)c(=S)s1. The zero-order chi connectivity index (χ0) is 15.3. The Morgan fingerprint density at radius 2 is 1.62 bits per heavy atom. The van der Waals surface area contributed by atoms with Crippen molar-refractivity contribution in [2.75, 3.05) is 5.75 Å². The lowest BCUT2D eigenvalue weighted by molar-refractivity contribution is 0.192. The fourth-order valence-corrected chi connectivity index (χ4v) is 4.57. The molecular weight excluding hydrogens is 320 g/mol. The quantitative estimate of drug-likeness (QED) is 0.284. The molecule has 0 unspecified atom stereocenters. The van der Waals surface area contributed by atoms with Crippen LogP contribution in [0.1, 0.15) is 71.1 Å². The number of hydrogen-bond acceptors (Lipinski definition) is 5. The Morgan fingerprint density at radius 3 is 2.14 bits per heavy atom. The normalized spacial score (nSPS) is 11.1. The third kappa shape index (κ3) is 8.96. The molecule has 0 saturated carbocycles. The van der Waals surface area contributed by atoms with Crippen LogP contribution in [0.3, 0.4) is 0 Å². The minimum Gasteiger partial charge on any atom is -0.374 e. The topological polar surface area (TPSA) is 38.0 Å². The molecule has 0 spiro atoms. The Labute approximate surface area is 142 Å². The van der Waals surface area contributed by atoms with Crippen LogP contribution >= 0.6 is 35.3 Å². The Kier molecular flexibility index (Phi) is 11.5. The minimum absolute atomic E-state index is 0.117. The Hall–Kier alpha value is 0.0900. The summed E-state index contributed by atoms with van der Waals surface area (Å²) in [4.78, 5) is 0. The van der Waals surface area contributed by atoms with Crippen molar-refractivity contribution in [2.45, 2.75) is 82.2 Å². The maximum Gasteiger partial charge on any atom is 0.182 e. The Balaban J connectivity index is 1.91. The molecule has 6 heteroatoms. The van der Waals surface area contributed by atoms with Crippen LogP contribution in [0.5, 0.6) is 0 Å². The van der Waals surface area contributed by atoms with Crippen LogP contribution in [0.2, 0.25) is 0 Å². The summed E-state index contributed by atoms with van der Waals surface area (Å²) in [6.45, 7) is 2.15. The van der Waals surface area contributed by atoms with Crippen LogP contribution in [-0.2, 0) is 6.73 Å². The molecule has 0 aliphatic carbocycles. The Bertz CT molecular complexity index is 417. The molecule has 0 aromatic carbocycles. The second kappa shape index (κ2) is 12.6. The molecule has 3 nitrogen and oxygen atoms in total. The third-order valence-electron chi connectivity index (χ3n) is 3.45. The zero-order valence-corrected chi connectivity index (χ0v) is 15.5. The van der Waals surface area contributed by atoms with Gasteiger partial charge in [0.25, 0.3) is 0 Å². The van der Waals surface area contributed by atoms with Crippen molar-refractivity contribution in [1.29, 1.82) is 0 Å². The predicted molar refractivity (Wildman–Crippen MR) is 95.7 cm³/mol. The van der Waals surface area contributed by atoms with Crippen molar-refractivity contribution in [2.24, 2.45) is 0 Å². The van der Waals surface area contributed by atoms with Crippen LogP contribution < -0.4 is 0 Å². The van der Waals surface area contributed by atoms with Crippen molar-refractivity contribution in [3.8, 4) is 0 Å². The number of nitrogens with zero attached hydrogens (tertiary/aromatic N) is 2. The average Bonchev–Trinajstić information content (AvgIpc) is 2.85. The van der Waals surface area contributed by atoms with Gasteiger partial charge in [-0.15, -0.1) is 0 Å². The first-order chi connectivity index (χ1) is 10.3. The number of aliphatic hydroxyl groups excluding tert-OH is 1. The molecule has 1 N–H and O–H groups in total. The maximum atomic E-state index is 9.02. The van der Waals surface area contributed by atoms with E-state index in [0.29, 0.717) is 3.95 Å². The second-order valence-electron chi connectivity index (χ2n) is 5.31. The molecule has 0 bridgehead atoms. The molecule has 0 radical (unpaired) electrons. The fourth-order valence-electron chi connectivity index (χ4n) is 2.18. The summed E-state index contributed by atoms with van der Waals surface area (Å²) in [5.41, 5.74) is 0. The first-order valence-electron chi connectivity index (χ1n) is 8.09. The first kappa shape index (κ1) is 19.1. The standard InChI is InChI=1S/C15H28N2OS3/c1-2-3-4-5-6-7-8-9-10-11-12-20-14-16-17(13-18)15(19)21-14/h18H,2-13H2,1H3. The highest BCUT2D eigenvalue weighted by atomic mass is 32.2. The summed E-state index contributed by atoms with van der Waals surface area (Å²) in [5.74, 6) is 1.10. The largest absolute Gasteiger partial charge is 0.374 e. The van der Waals surface area contributed by atoms with Crippen molar-refractivity contribution in [3.63, 3.8) is 0 Å². The van der Waals surface area contributed by atoms with E-state index in [9.17, 15) is 0 Å². The van der Waals surface area contributed by atoms with E-state index in [1.54, 1.807) is 11.8 Å². The lowest BCUT2D eigenvalue weighted by atomic mass is 10.1. The van der Waals surface area contributed by atoms with Gasteiger partial charge in [0.15, 0.2) is 8.29 Å². The number of thioether (sulfide) groups is 1. The van der Waals surface area contributed by atoms with E-state index in [1.807, 2.05) is 0 Å². The van der Waals surface area contributed by atoms with Gasteiger partial charge >= 0.3 is 0 Å². The molecular formula is C15H28N2OS3. The van der Waals surface area contributed by atoms with Crippen LogP contribution in [0.15, 0.2) is 4.34 Å². The fraction of sp³-hybridized carbons (Fsp3) is 0.867. The van der Waals surface area contributed by atoms with Gasteiger partial charge in [-0.1, -0.05) is 87.8 Å². The highest BCUT2D eigenvalue weighted by Gasteiger charge is 2.03. The molecule has 0 saturated heterocycles.